The van der Waals surface area contributed by atoms with Crippen molar-refractivity contribution in [2.24, 2.45) is 0 Å². The summed E-state index contributed by atoms with van der Waals surface area (Å²) in [5, 5.41) is 0. The van der Waals surface area contributed by atoms with Crippen molar-refractivity contribution in [1.82, 2.24) is 4.90 Å². The molecule has 1 atom stereocenters. The van der Waals surface area contributed by atoms with E-state index >= 15 is 0 Å². The van der Waals surface area contributed by atoms with Gasteiger partial charge < -0.3 is 10.5 Å². The molecule has 1 aliphatic rings. The lowest BCUT2D eigenvalue weighted by Crippen LogP contribution is -2.37. The first kappa shape index (κ1) is 12.4. The summed E-state index contributed by atoms with van der Waals surface area (Å²) < 4.78 is 5.35. The number of hydrogen-bond donors (Lipinski definition) is 1. The van der Waals surface area contributed by atoms with Crippen LogP contribution in [0.4, 0.5) is 5.69 Å². The van der Waals surface area contributed by atoms with Crippen molar-refractivity contribution in [2.45, 2.75) is 19.3 Å². The number of nitrogens with zero attached hydrogens (tertiary/aromatic N) is 1. The number of benzene rings is 1. The molecule has 3 nitrogen and oxygen atoms in total. The fourth-order valence-corrected chi connectivity index (χ4v) is 2.19. The zero-order chi connectivity index (χ0) is 12.1. The number of ether oxygens (including phenoxy) is 1. The van der Waals surface area contributed by atoms with E-state index in [4.69, 9.17) is 10.5 Å². The van der Waals surface area contributed by atoms with Gasteiger partial charge in [0.25, 0.3) is 0 Å². The van der Waals surface area contributed by atoms with Gasteiger partial charge in [-0.05, 0) is 36.6 Å². The van der Waals surface area contributed by atoms with Crippen molar-refractivity contribution < 1.29 is 4.74 Å². The summed E-state index contributed by atoms with van der Waals surface area (Å²) in [5.74, 6) is 0.596. The highest BCUT2D eigenvalue weighted by atomic mass is 16.5. The summed E-state index contributed by atoms with van der Waals surface area (Å²) in [4.78, 5) is 2.48. The van der Waals surface area contributed by atoms with Gasteiger partial charge in [0.1, 0.15) is 0 Å². The third-order valence-corrected chi connectivity index (χ3v) is 3.49. The van der Waals surface area contributed by atoms with Crippen LogP contribution in [0.3, 0.4) is 0 Å². The Morgan fingerprint density at radius 1 is 1.24 bits per heavy atom. The molecular weight excluding hydrogens is 212 g/mol. The molecule has 2 N–H and O–H groups in total. The number of nitrogens with two attached hydrogens (primary N) is 1. The van der Waals surface area contributed by atoms with Gasteiger partial charge in [0, 0.05) is 18.8 Å². The Bertz CT molecular complexity index is 331. The summed E-state index contributed by atoms with van der Waals surface area (Å²) in [6.45, 7) is 7.37. The topological polar surface area (TPSA) is 38.5 Å². The van der Waals surface area contributed by atoms with Crippen LogP contribution in [0, 0.1) is 0 Å². The fraction of sp³-hybridized carbons (Fsp3) is 0.571. The largest absolute Gasteiger partial charge is 0.399 e. The zero-order valence-electron chi connectivity index (χ0n) is 10.6. The quantitative estimate of drug-likeness (QED) is 0.811. The van der Waals surface area contributed by atoms with E-state index in [1.807, 2.05) is 12.1 Å². The monoisotopic (exact) mass is 234 g/mol. The number of hydrogen-bond acceptors (Lipinski definition) is 3. The summed E-state index contributed by atoms with van der Waals surface area (Å²) in [5.41, 5.74) is 7.92. The summed E-state index contributed by atoms with van der Waals surface area (Å²) in [6, 6.07) is 8.25. The molecule has 0 bridgehead atoms. The van der Waals surface area contributed by atoms with E-state index in [1.54, 1.807) is 0 Å². The molecule has 0 aromatic heterocycles. The highest BCUT2D eigenvalue weighted by Gasteiger charge is 2.12. The smallest absolute Gasteiger partial charge is 0.0594 e. The average molecular weight is 234 g/mol. The van der Waals surface area contributed by atoms with Crippen molar-refractivity contribution in [2.75, 3.05) is 38.6 Å². The molecule has 1 saturated heterocycles. The molecule has 94 valence electrons. The van der Waals surface area contributed by atoms with Gasteiger partial charge in [-0.1, -0.05) is 19.1 Å². The van der Waals surface area contributed by atoms with Crippen LogP contribution >= 0.6 is 0 Å². The van der Waals surface area contributed by atoms with Crippen molar-refractivity contribution >= 4 is 5.69 Å². The normalized spacial score (nSPS) is 19.1. The van der Waals surface area contributed by atoms with E-state index in [2.05, 4.69) is 24.0 Å². The maximum Gasteiger partial charge on any atom is 0.0594 e. The molecule has 1 aliphatic heterocycles. The highest BCUT2D eigenvalue weighted by molar-refractivity contribution is 5.40. The van der Waals surface area contributed by atoms with Crippen molar-refractivity contribution in [3.8, 4) is 0 Å². The first-order valence-corrected chi connectivity index (χ1v) is 6.41. The molecule has 17 heavy (non-hydrogen) atoms. The minimum absolute atomic E-state index is 0.596. The standard InChI is InChI=1S/C14H22N2O/c1-12(13-2-4-14(15)5-3-13)6-7-16-8-10-17-11-9-16/h2-5,12H,6-11,15H2,1H3. The molecule has 2 rings (SSSR count). The lowest BCUT2D eigenvalue weighted by Gasteiger charge is -2.27. The van der Waals surface area contributed by atoms with Gasteiger partial charge in [-0.25, -0.2) is 0 Å². The minimum Gasteiger partial charge on any atom is -0.399 e. The number of nitrogen functional groups attached to an aromatic ring is 1. The van der Waals surface area contributed by atoms with Gasteiger partial charge in [-0.15, -0.1) is 0 Å². The van der Waals surface area contributed by atoms with Crippen LogP contribution in [0.1, 0.15) is 24.8 Å². The van der Waals surface area contributed by atoms with Gasteiger partial charge in [0.15, 0.2) is 0 Å². The lowest BCUT2D eigenvalue weighted by atomic mass is 9.97. The Balaban J connectivity index is 1.80. The second kappa shape index (κ2) is 6.03. The van der Waals surface area contributed by atoms with Crippen LogP contribution in [0.15, 0.2) is 24.3 Å². The molecule has 3 heteroatoms. The first-order chi connectivity index (χ1) is 8.25. The Hall–Kier alpha value is -1.06. The molecular formula is C14H22N2O. The van der Waals surface area contributed by atoms with Crippen LogP contribution in [0.2, 0.25) is 0 Å². The first-order valence-electron chi connectivity index (χ1n) is 6.41. The molecule has 0 spiro atoms. The number of morpholine rings is 1. The maximum atomic E-state index is 5.70. The van der Waals surface area contributed by atoms with Gasteiger partial charge in [0.2, 0.25) is 0 Å². The predicted octanol–water partition coefficient (Wildman–Crippen LogP) is 2.09. The number of anilines is 1. The fourth-order valence-electron chi connectivity index (χ4n) is 2.19. The molecule has 0 aliphatic carbocycles. The highest BCUT2D eigenvalue weighted by Crippen LogP contribution is 2.20. The molecule has 1 heterocycles. The molecule has 1 aromatic carbocycles. The van der Waals surface area contributed by atoms with E-state index < -0.39 is 0 Å². The van der Waals surface area contributed by atoms with E-state index in [9.17, 15) is 0 Å². The Morgan fingerprint density at radius 2 is 1.88 bits per heavy atom. The van der Waals surface area contributed by atoms with Crippen LogP contribution in [-0.4, -0.2) is 37.7 Å². The Labute approximate surface area is 104 Å². The third-order valence-electron chi connectivity index (χ3n) is 3.49. The molecule has 0 saturated carbocycles. The SMILES string of the molecule is CC(CCN1CCOCC1)c1ccc(N)cc1. The summed E-state index contributed by atoms with van der Waals surface area (Å²) >= 11 is 0. The van der Waals surface area contributed by atoms with E-state index in [0.29, 0.717) is 5.92 Å². The molecule has 1 fully saturated rings. The number of rotatable bonds is 4. The third kappa shape index (κ3) is 3.72. The van der Waals surface area contributed by atoms with Gasteiger partial charge in [0.05, 0.1) is 13.2 Å². The summed E-state index contributed by atoms with van der Waals surface area (Å²) in [7, 11) is 0. The van der Waals surface area contributed by atoms with Gasteiger partial charge in [-0.2, -0.15) is 0 Å². The minimum atomic E-state index is 0.596. The van der Waals surface area contributed by atoms with Crippen molar-refractivity contribution in [3.63, 3.8) is 0 Å². The molecule has 1 aromatic rings. The second-order valence-corrected chi connectivity index (χ2v) is 4.81. The lowest BCUT2D eigenvalue weighted by molar-refractivity contribution is 0.0367. The van der Waals surface area contributed by atoms with Crippen LogP contribution in [0.5, 0.6) is 0 Å². The van der Waals surface area contributed by atoms with Crippen molar-refractivity contribution in [1.29, 1.82) is 0 Å². The predicted molar refractivity (Wildman–Crippen MR) is 71.1 cm³/mol. The zero-order valence-corrected chi connectivity index (χ0v) is 10.6. The van der Waals surface area contributed by atoms with Crippen LogP contribution in [0.25, 0.3) is 0 Å². The molecule has 0 amide bonds. The van der Waals surface area contributed by atoms with Gasteiger partial charge in [-0.3, -0.25) is 4.90 Å². The molecule has 1 unspecified atom stereocenters. The van der Waals surface area contributed by atoms with E-state index in [1.165, 1.54) is 12.0 Å². The van der Waals surface area contributed by atoms with Crippen LogP contribution < -0.4 is 5.73 Å². The second-order valence-electron chi connectivity index (χ2n) is 4.81. The maximum absolute atomic E-state index is 5.70. The van der Waals surface area contributed by atoms with Crippen LogP contribution in [-0.2, 0) is 4.74 Å². The van der Waals surface area contributed by atoms with Crippen molar-refractivity contribution in [3.05, 3.63) is 29.8 Å². The average Bonchev–Trinajstić information content (AvgIpc) is 2.38. The van der Waals surface area contributed by atoms with Gasteiger partial charge >= 0.3 is 0 Å². The van der Waals surface area contributed by atoms with E-state index in [-0.39, 0.29) is 0 Å². The van der Waals surface area contributed by atoms with E-state index in [0.717, 1.165) is 38.5 Å². The Kier molecular flexibility index (Phi) is 4.40. The molecule has 0 radical (unpaired) electrons. The summed E-state index contributed by atoms with van der Waals surface area (Å²) in [6.07, 6.45) is 1.20. The Morgan fingerprint density at radius 3 is 2.53 bits per heavy atom.